The van der Waals surface area contributed by atoms with Crippen LogP contribution in [0.3, 0.4) is 0 Å². The average Bonchev–Trinajstić information content (AvgIpc) is 2.75. The molecule has 1 aromatic rings. The molecule has 2 unspecified atom stereocenters. The van der Waals surface area contributed by atoms with Crippen molar-refractivity contribution in [3.8, 4) is 0 Å². The number of carbonyl (C=O) groups is 1. The predicted molar refractivity (Wildman–Crippen MR) is 61.1 cm³/mol. The second-order valence-electron chi connectivity index (χ2n) is 4.60. The third-order valence-electron chi connectivity index (χ3n) is 3.45. The zero-order valence-corrected chi connectivity index (χ0v) is 10.3. The summed E-state index contributed by atoms with van der Waals surface area (Å²) in [4.78, 5) is 15.1. The topological polar surface area (TPSA) is 39.2 Å². The minimum absolute atomic E-state index is 0.273. The van der Waals surface area contributed by atoms with Crippen LogP contribution in [0.5, 0.6) is 0 Å². The quantitative estimate of drug-likeness (QED) is 0.588. The Morgan fingerprint density at radius 3 is 2.69 bits per heavy atom. The fourth-order valence-corrected chi connectivity index (χ4v) is 2.87. The molecule has 0 aromatic carbocycles. The van der Waals surface area contributed by atoms with Crippen LogP contribution < -0.4 is 0 Å². The molecule has 2 rings (SSSR count). The van der Waals surface area contributed by atoms with E-state index < -0.39 is 4.87 Å². The Bertz CT molecular complexity index is 418. The van der Waals surface area contributed by atoms with Crippen LogP contribution in [0, 0.1) is 11.3 Å². The number of methoxy groups -OCH3 is 1. The molecule has 86 valence electrons. The van der Waals surface area contributed by atoms with Crippen LogP contribution in [-0.2, 0) is 14.4 Å². The van der Waals surface area contributed by atoms with Gasteiger partial charge in [0.25, 0.3) is 0 Å². The van der Waals surface area contributed by atoms with Gasteiger partial charge >= 0.3 is 5.97 Å². The Labute approximate surface area is 99.8 Å². The van der Waals surface area contributed by atoms with E-state index >= 15 is 0 Å². The molecule has 4 heteroatoms. The van der Waals surface area contributed by atoms with Crippen LogP contribution in [-0.4, -0.2) is 18.1 Å². The first-order chi connectivity index (χ1) is 7.46. The van der Waals surface area contributed by atoms with Gasteiger partial charge in [0.1, 0.15) is 4.87 Å². The van der Waals surface area contributed by atoms with E-state index in [0.29, 0.717) is 0 Å². The molecule has 0 N–H and O–H groups in total. The van der Waals surface area contributed by atoms with Crippen molar-refractivity contribution in [2.24, 2.45) is 11.3 Å². The maximum atomic E-state index is 11.6. The summed E-state index contributed by atoms with van der Waals surface area (Å²) in [5.74, 6) is -0.604. The van der Waals surface area contributed by atoms with E-state index in [1.807, 2.05) is 32.0 Å². The lowest BCUT2D eigenvalue weighted by molar-refractivity contribution is -0.143. The highest BCUT2D eigenvalue weighted by molar-refractivity contribution is 6.29. The fraction of sp³-hybridized carbons (Fsp3) is 0.500. The zero-order chi connectivity index (χ0) is 12.0. The van der Waals surface area contributed by atoms with Gasteiger partial charge in [-0.15, -0.1) is 11.6 Å². The minimum Gasteiger partial charge on any atom is -0.469 e. The lowest BCUT2D eigenvalue weighted by Gasteiger charge is -2.10. The summed E-state index contributed by atoms with van der Waals surface area (Å²) in [6.45, 7) is 3.91. The van der Waals surface area contributed by atoms with Crippen molar-refractivity contribution in [3.63, 3.8) is 0 Å². The van der Waals surface area contributed by atoms with E-state index in [-0.39, 0.29) is 17.3 Å². The molecule has 16 heavy (non-hydrogen) atoms. The first kappa shape index (κ1) is 11.4. The number of hydrogen-bond donors (Lipinski definition) is 0. The third-order valence-corrected chi connectivity index (χ3v) is 4.35. The third kappa shape index (κ3) is 1.27. The summed E-state index contributed by atoms with van der Waals surface area (Å²) in [5, 5.41) is 0. The molecule has 0 aliphatic heterocycles. The van der Waals surface area contributed by atoms with Crippen LogP contribution in [0.4, 0.5) is 0 Å². The van der Waals surface area contributed by atoms with Gasteiger partial charge in [-0.25, -0.2) is 0 Å². The van der Waals surface area contributed by atoms with Crippen molar-refractivity contribution in [2.45, 2.75) is 18.7 Å². The van der Waals surface area contributed by atoms with Gasteiger partial charge in [0.05, 0.1) is 18.7 Å². The second kappa shape index (κ2) is 3.45. The van der Waals surface area contributed by atoms with Crippen LogP contribution in [0.15, 0.2) is 24.4 Å². The highest BCUT2D eigenvalue weighted by Crippen LogP contribution is 2.71. The molecule has 1 saturated carbocycles. The van der Waals surface area contributed by atoms with E-state index in [9.17, 15) is 4.79 Å². The van der Waals surface area contributed by atoms with Crippen molar-refractivity contribution in [1.82, 2.24) is 4.98 Å². The van der Waals surface area contributed by atoms with Crippen molar-refractivity contribution in [3.05, 3.63) is 30.1 Å². The van der Waals surface area contributed by atoms with E-state index in [2.05, 4.69) is 4.98 Å². The smallest absolute Gasteiger partial charge is 0.311 e. The summed E-state index contributed by atoms with van der Waals surface area (Å²) in [6, 6.07) is 5.54. The zero-order valence-electron chi connectivity index (χ0n) is 9.53. The number of ether oxygens (including phenoxy) is 1. The Morgan fingerprint density at radius 1 is 1.50 bits per heavy atom. The normalized spacial score (nSPS) is 30.9. The maximum Gasteiger partial charge on any atom is 0.311 e. The molecule has 0 radical (unpaired) electrons. The van der Waals surface area contributed by atoms with Crippen LogP contribution in [0.2, 0.25) is 0 Å². The second-order valence-corrected chi connectivity index (χ2v) is 5.20. The molecule has 2 atom stereocenters. The van der Waals surface area contributed by atoms with E-state index in [1.165, 1.54) is 7.11 Å². The molecular weight excluding hydrogens is 226 g/mol. The number of halogens is 1. The molecular formula is C12H14ClNO2. The lowest BCUT2D eigenvalue weighted by atomic mass is 10.1. The molecule has 1 aromatic heterocycles. The summed E-state index contributed by atoms with van der Waals surface area (Å²) in [7, 11) is 1.38. The molecule has 0 bridgehead atoms. The first-order valence-electron chi connectivity index (χ1n) is 5.14. The van der Waals surface area contributed by atoms with Gasteiger partial charge in [-0.2, -0.15) is 0 Å². The molecule has 0 saturated heterocycles. The fourth-order valence-electron chi connectivity index (χ4n) is 2.34. The number of hydrogen-bond acceptors (Lipinski definition) is 3. The van der Waals surface area contributed by atoms with Gasteiger partial charge in [-0.1, -0.05) is 19.9 Å². The minimum atomic E-state index is -0.735. The Hall–Kier alpha value is -1.09. The molecule has 1 aliphatic rings. The van der Waals surface area contributed by atoms with Crippen molar-refractivity contribution in [2.75, 3.05) is 7.11 Å². The number of aromatic nitrogens is 1. The molecule has 1 fully saturated rings. The van der Waals surface area contributed by atoms with Crippen molar-refractivity contribution < 1.29 is 9.53 Å². The standard InChI is InChI=1S/C12H14ClNO2/c1-11(2)9(10(15)16-3)12(11,13)8-6-4-5-7-14-8/h4-7,9H,1-3H3. The largest absolute Gasteiger partial charge is 0.469 e. The Morgan fingerprint density at radius 2 is 2.19 bits per heavy atom. The number of nitrogens with zero attached hydrogens (tertiary/aromatic N) is 1. The number of alkyl halides is 1. The van der Waals surface area contributed by atoms with Gasteiger partial charge in [0.2, 0.25) is 0 Å². The van der Waals surface area contributed by atoms with Gasteiger partial charge in [-0.3, -0.25) is 9.78 Å². The first-order valence-corrected chi connectivity index (χ1v) is 5.52. The summed E-state index contributed by atoms with van der Waals surface area (Å²) < 4.78 is 4.78. The summed E-state index contributed by atoms with van der Waals surface area (Å²) in [5.41, 5.74) is 0.410. The van der Waals surface area contributed by atoms with Gasteiger partial charge < -0.3 is 4.74 Å². The van der Waals surface area contributed by atoms with Crippen LogP contribution >= 0.6 is 11.6 Å². The highest BCUT2D eigenvalue weighted by atomic mass is 35.5. The maximum absolute atomic E-state index is 11.6. The van der Waals surface area contributed by atoms with Crippen LogP contribution in [0.25, 0.3) is 0 Å². The molecule has 1 heterocycles. The van der Waals surface area contributed by atoms with Crippen LogP contribution in [0.1, 0.15) is 19.5 Å². The highest BCUT2D eigenvalue weighted by Gasteiger charge is 2.76. The molecule has 0 spiro atoms. The molecule has 1 aliphatic carbocycles. The molecule has 0 amide bonds. The number of carbonyl (C=O) groups excluding carboxylic acids is 1. The monoisotopic (exact) mass is 239 g/mol. The predicted octanol–water partition coefficient (Wildman–Crippen LogP) is 2.34. The van der Waals surface area contributed by atoms with Gasteiger partial charge in [0.15, 0.2) is 0 Å². The Kier molecular flexibility index (Phi) is 2.46. The Balaban J connectivity index is 2.38. The van der Waals surface area contributed by atoms with Gasteiger partial charge in [-0.05, 0) is 12.1 Å². The van der Waals surface area contributed by atoms with E-state index in [4.69, 9.17) is 16.3 Å². The lowest BCUT2D eigenvalue weighted by Crippen LogP contribution is -2.12. The summed E-state index contributed by atoms with van der Waals surface area (Å²) >= 11 is 6.54. The average molecular weight is 240 g/mol. The van der Waals surface area contributed by atoms with E-state index in [1.54, 1.807) is 6.20 Å². The summed E-state index contributed by atoms with van der Waals surface area (Å²) in [6.07, 6.45) is 1.68. The van der Waals surface area contributed by atoms with E-state index in [0.717, 1.165) is 5.69 Å². The SMILES string of the molecule is COC(=O)C1C(C)(C)C1(Cl)c1ccccn1. The number of rotatable bonds is 2. The number of pyridine rings is 1. The molecule has 3 nitrogen and oxygen atoms in total. The van der Waals surface area contributed by atoms with Gasteiger partial charge in [0, 0.05) is 11.6 Å². The van der Waals surface area contributed by atoms with Crippen molar-refractivity contribution in [1.29, 1.82) is 0 Å². The van der Waals surface area contributed by atoms with Crippen molar-refractivity contribution >= 4 is 17.6 Å². The number of esters is 1.